The molecule has 1 N–H and O–H groups in total. The van der Waals surface area contributed by atoms with E-state index in [9.17, 15) is 5.11 Å². The Kier molecular flexibility index (Phi) is 2.15. The lowest BCUT2D eigenvalue weighted by Gasteiger charge is -2.49. The fraction of sp³-hybridized carbons (Fsp3) is 0.857. The molecule has 0 aliphatic heterocycles. The van der Waals surface area contributed by atoms with Gasteiger partial charge in [0.15, 0.2) is 0 Å². The van der Waals surface area contributed by atoms with Crippen LogP contribution in [-0.2, 0) is 0 Å². The van der Waals surface area contributed by atoms with Crippen molar-refractivity contribution in [3.05, 3.63) is 12.2 Å². The number of aliphatic hydroxyl groups is 1. The van der Waals surface area contributed by atoms with Crippen LogP contribution in [0.3, 0.4) is 0 Å². The maximum Gasteiger partial charge on any atom is 0.0602 e. The standard InChI is InChI=1S/C14H24O/c1-12(2)7-6-8-14(5)10(12)9-11(15)13(14,3)4/h6,8,10-11,15H,7,9H2,1-5H3/t10-,11+,14+/m0/s1. The fourth-order valence-corrected chi connectivity index (χ4v) is 3.78. The van der Waals surface area contributed by atoms with E-state index in [0.717, 1.165) is 12.8 Å². The van der Waals surface area contributed by atoms with Crippen LogP contribution in [-0.4, -0.2) is 11.2 Å². The molecule has 0 radical (unpaired) electrons. The highest BCUT2D eigenvalue weighted by Gasteiger charge is 2.60. The van der Waals surface area contributed by atoms with E-state index < -0.39 is 0 Å². The van der Waals surface area contributed by atoms with Crippen molar-refractivity contribution in [3.63, 3.8) is 0 Å². The lowest BCUT2D eigenvalue weighted by atomic mass is 9.55. The molecule has 0 aromatic rings. The van der Waals surface area contributed by atoms with Gasteiger partial charge in [0.1, 0.15) is 0 Å². The highest BCUT2D eigenvalue weighted by atomic mass is 16.3. The molecule has 86 valence electrons. The van der Waals surface area contributed by atoms with Gasteiger partial charge in [-0.15, -0.1) is 0 Å². The smallest absolute Gasteiger partial charge is 0.0602 e. The number of fused-ring (bicyclic) bond motifs is 1. The van der Waals surface area contributed by atoms with E-state index >= 15 is 0 Å². The zero-order chi connectivity index (χ0) is 11.5. The molecule has 1 fully saturated rings. The summed E-state index contributed by atoms with van der Waals surface area (Å²) in [4.78, 5) is 0. The van der Waals surface area contributed by atoms with Gasteiger partial charge >= 0.3 is 0 Å². The van der Waals surface area contributed by atoms with Gasteiger partial charge in [0.25, 0.3) is 0 Å². The third kappa shape index (κ3) is 1.25. The first-order valence-corrected chi connectivity index (χ1v) is 6.07. The third-order valence-electron chi connectivity index (χ3n) is 5.46. The molecular weight excluding hydrogens is 184 g/mol. The largest absolute Gasteiger partial charge is 0.393 e. The van der Waals surface area contributed by atoms with Crippen molar-refractivity contribution in [2.75, 3.05) is 0 Å². The van der Waals surface area contributed by atoms with Gasteiger partial charge in [-0.3, -0.25) is 0 Å². The zero-order valence-electron chi connectivity index (χ0n) is 10.7. The fourth-order valence-electron chi connectivity index (χ4n) is 3.78. The molecule has 0 aromatic carbocycles. The Hall–Kier alpha value is -0.300. The molecule has 0 amide bonds. The lowest BCUT2D eigenvalue weighted by molar-refractivity contribution is 0.0108. The number of allylic oxidation sites excluding steroid dienone is 2. The molecule has 3 atom stereocenters. The summed E-state index contributed by atoms with van der Waals surface area (Å²) in [5.74, 6) is 0.611. The molecule has 0 unspecified atom stereocenters. The Morgan fingerprint density at radius 1 is 1.13 bits per heavy atom. The van der Waals surface area contributed by atoms with Gasteiger partial charge in [-0.2, -0.15) is 0 Å². The minimum atomic E-state index is -0.158. The Labute approximate surface area is 93.6 Å². The SMILES string of the molecule is CC1(C)CC=C[C@]2(C)[C@H]1C[C@@H](O)C2(C)C. The second-order valence-electron chi connectivity index (χ2n) is 6.90. The summed E-state index contributed by atoms with van der Waals surface area (Å²) < 4.78 is 0. The highest BCUT2D eigenvalue weighted by molar-refractivity contribution is 5.21. The Bertz CT molecular complexity index is 300. The molecule has 0 spiro atoms. The lowest BCUT2D eigenvalue weighted by Crippen LogP contribution is -2.43. The van der Waals surface area contributed by atoms with Gasteiger partial charge in [0, 0.05) is 0 Å². The molecule has 0 aromatic heterocycles. The van der Waals surface area contributed by atoms with Crippen LogP contribution in [0.1, 0.15) is 47.5 Å². The topological polar surface area (TPSA) is 20.2 Å². The Balaban J connectivity index is 2.49. The first-order valence-electron chi connectivity index (χ1n) is 6.07. The average molecular weight is 208 g/mol. The molecule has 0 heterocycles. The number of rotatable bonds is 0. The Morgan fingerprint density at radius 3 is 2.27 bits per heavy atom. The monoisotopic (exact) mass is 208 g/mol. The van der Waals surface area contributed by atoms with E-state index in [1.165, 1.54) is 0 Å². The second-order valence-corrected chi connectivity index (χ2v) is 6.90. The van der Waals surface area contributed by atoms with E-state index in [0.29, 0.717) is 11.3 Å². The van der Waals surface area contributed by atoms with E-state index in [4.69, 9.17) is 0 Å². The van der Waals surface area contributed by atoms with Crippen LogP contribution in [0.2, 0.25) is 0 Å². The minimum Gasteiger partial charge on any atom is -0.393 e. The third-order valence-corrected chi connectivity index (χ3v) is 5.46. The van der Waals surface area contributed by atoms with E-state index in [-0.39, 0.29) is 16.9 Å². The molecule has 1 heteroatoms. The summed E-state index contributed by atoms with van der Waals surface area (Å²) in [6, 6.07) is 0. The molecule has 1 saturated carbocycles. The number of hydrogen-bond donors (Lipinski definition) is 1. The molecule has 0 saturated heterocycles. The van der Waals surface area contributed by atoms with Crippen LogP contribution in [0, 0.1) is 22.2 Å². The predicted molar refractivity (Wildman–Crippen MR) is 63.5 cm³/mol. The summed E-state index contributed by atoms with van der Waals surface area (Å²) >= 11 is 0. The van der Waals surface area contributed by atoms with Gasteiger partial charge in [-0.05, 0) is 35.0 Å². The van der Waals surface area contributed by atoms with Crippen molar-refractivity contribution in [3.8, 4) is 0 Å². The van der Waals surface area contributed by atoms with Crippen LogP contribution in [0.15, 0.2) is 12.2 Å². The van der Waals surface area contributed by atoms with Crippen molar-refractivity contribution in [1.82, 2.24) is 0 Å². The Morgan fingerprint density at radius 2 is 1.73 bits per heavy atom. The molecule has 2 rings (SSSR count). The summed E-state index contributed by atoms with van der Waals surface area (Å²) in [5.41, 5.74) is 0.498. The van der Waals surface area contributed by atoms with Crippen molar-refractivity contribution in [2.45, 2.75) is 53.6 Å². The summed E-state index contributed by atoms with van der Waals surface area (Å²) in [7, 11) is 0. The van der Waals surface area contributed by atoms with Crippen LogP contribution in [0.4, 0.5) is 0 Å². The molecule has 2 aliphatic rings. The van der Waals surface area contributed by atoms with Crippen LogP contribution in [0.5, 0.6) is 0 Å². The van der Waals surface area contributed by atoms with Gasteiger partial charge in [-0.1, -0.05) is 46.8 Å². The van der Waals surface area contributed by atoms with Gasteiger partial charge < -0.3 is 5.11 Å². The quantitative estimate of drug-likeness (QED) is 0.605. The number of aliphatic hydroxyl groups excluding tert-OH is 1. The van der Waals surface area contributed by atoms with Crippen LogP contribution >= 0.6 is 0 Å². The maximum atomic E-state index is 10.3. The molecular formula is C14H24O. The molecule has 2 aliphatic carbocycles. The van der Waals surface area contributed by atoms with E-state index in [1.54, 1.807) is 0 Å². The van der Waals surface area contributed by atoms with Crippen molar-refractivity contribution in [2.24, 2.45) is 22.2 Å². The van der Waals surface area contributed by atoms with Crippen molar-refractivity contribution in [1.29, 1.82) is 0 Å². The first-order chi connectivity index (χ1) is 6.72. The minimum absolute atomic E-state index is 0.00581. The van der Waals surface area contributed by atoms with Crippen LogP contribution in [0.25, 0.3) is 0 Å². The zero-order valence-corrected chi connectivity index (χ0v) is 10.7. The molecule has 0 bridgehead atoms. The average Bonchev–Trinajstić information content (AvgIpc) is 2.26. The number of hydrogen-bond acceptors (Lipinski definition) is 1. The predicted octanol–water partition coefficient (Wildman–Crippen LogP) is 3.39. The van der Waals surface area contributed by atoms with Crippen LogP contribution < -0.4 is 0 Å². The van der Waals surface area contributed by atoms with Gasteiger partial charge in [0.2, 0.25) is 0 Å². The van der Waals surface area contributed by atoms with Crippen molar-refractivity contribution < 1.29 is 5.11 Å². The normalized spacial score (nSPS) is 46.5. The van der Waals surface area contributed by atoms with Crippen molar-refractivity contribution >= 4 is 0 Å². The maximum absolute atomic E-state index is 10.3. The van der Waals surface area contributed by atoms with E-state index in [1.807, 2.05) is 0 Å². The van der Waals surface area contributed by atoms with Gasteiger partial charge in [-0.25, -0.2) is 0 Å². The van der Waals surface area contributed by atoms with E-state index in [2.05, 4.69) is 46.8 Å². The summed E-state index contributed by atoms with van der Waals surface area (Å²) in [5, 5.41) is 10.3. The molecule has 15 heavy (non-hydrogen) atoms. The first kappa shape index (κ1) is 11.2. The summed E-state index contributed by atoms with van der Waals surface area (Å²) in [6.07, 6.45) is 6.63. The highest BCUT2D eigenvalue weighted by Crippen LogP contribution is 2.64. The summed E-state index contributed by atoms with van der Waals surface area (Å²) in [6.45, 7) is 11.4. The van der Waals surface area contributed by atoms with Gasteiger partial charge in [0.05, 0.1) is 6.10 Å². The molecule has 1 nitrogen and oxygen atoms in total. The second kappa shape index (κ2) is 2.88.